The highest BCUT2D eigenvalue weighted by Crippen LogP contribution is 2.53. The van der Waals surface area contributed by atoms with Crippen molar-refractivity contribution in [2.45, 2.75) is 46.6 Å². The van der Waals surface area contributed by atoms with Gasteiger partial charge in [-0.25, -0.2) is 0 Å². The molecule has 2 heterocycles. The Morgan fingerprint density at radius 3 is 2.63 bits per heavy atom. The molecule has 0 amide bonds. The van der Waals surface area contributed by atoms with Crippen molar-refractivity contribution in [3.05, 3.63) is 10.5 Å². The van der Waals surface area contributed by atoms with Crippen LogP contribution in [-0.2, 0) is 20.0 Å². The average molecular weight is 278 g/mol. The normalized spacial score (nSPS) is 17.5. The number of hydrogen-bond acceptors (Lipinski definition) is 2. The Labute approximate surface area is 118 Å². The van der Waals surface area contributed by atoms with Crippen LogP contribution in [0.25, 0.3) is 11.2 Å². The summed E-state index contributed by atoms with van der Waals surface area (Å²) >= 11 is 5.52. The van der Waals surface area contributed by atoms with Gasteiger partial charge < -0.3 is 9.55 Å². The molecule has 0 bridgehead atoms. The van der Waals surface area contributed by atoms with E-state index in [1.54, 1.807) is 0 Å². The lowest BCUT2D eigenvalue weighted by Gasteiger charge is -2.20. The fraction of sp³-hybridized carbons (Fsp3) is 0.714. The summed E-state index contributed by atoms with van der Waals surface area (Å²) in [6.45, 7) is 7.79. The van der Waals surface area contributed by atoms with Gasteiger partial charge in [-0.15, -0.1) is 0 Å². The highest BCUT2D eigenvalue weighted by Gasteiger charge is 2.46. The Morgan fingerprint density at radius 1 is 1.42 bits per heavy atom. The molecule has 1 fully saturated rings. The minimum absolute atomic E-state index is 0.448. The van der Waals surface area contributed by atoms with Gasteiger partial charge in [-0.3, -0.25) is 4.68 Å². The molecule has 0 atom stereocenters. The zero-order chi connectivity index (χ0) is 13.8. The van der Waals surface area contributed by atoms with E-state index in [-0.39, 0.29) is 0 Å². The summed E-state index contributed by atoms with van der Waals surface area (Å²) < 4.78 is 5.06. The van der Waals surface area contributed by atoms with Gasteiger partial charge in [0.05, 0.1) is 5.69 Å². The van der Waals surface area contributed by atoms with Crippen molar-refractivity contribution in [3.8, 4) is 0 Å². The van der Waals surface area contributed by atoms with Crippen molar-refractivity contribution in [3.63, 3.8) is 0 Å². The number of aryl methyl sites for hydroxylation is 2. The van der Waals surface area contributed by atoms with Crippen LogP contribution in [0.1, 0.15) is 39.3 Å². The van der Waals surface area contributed by atoms with E-state index >= 15 is 0 Å². The quantitative estimate of drug-likeness (QED) is 0.870. The smallest absolute Gasteiger partial charge is 0.179 e. The maximum absolute atomic E-state index is 5.52. The molecule has 0 aromatic carbocycles. The van der Waals surface area contributed by atoms with E-state index in [0.29, 0.717) is 11.3 Å². The fourth-order valence-corrected chi connectivity index (χ4v) is 3.32. The molecule has 0 radical (unpaired) electrons. The molecular weight excluding hydrogens is 256 g/mol. The first-order valence-electron chi connectivity index (χ1n) is 7.13. The highest BCUT2D eigenvalue weighted by molar-refractivity contribution is 7.71. The van der Waals surface area contributed by atoms with Crippen LogP contribution in [0.5, 0.6) is 0 Å². The maximum atomic E-state index is 5.52. The van der Waals surface area contributed by atoms with Gasteiger partial charge in [0.2, 0.25) is 0 Å². The summed E-state index contributed by atoms with van der Waals surface area (Å²) in [6.07, 6.45) is 3.57. The van der Waals surface area contributed by atoms with Gasteiger partial charge in [-0.1, -0.05) is 20.8 Å². The summed E-state index contributed by atoms with van der Waals surface area (Å²) in [4.78, 5) is 3.35. The van der Waals surface area contributed by atoms with Crippen LogP contribution in [0.4, 0.5) is 0 Å². The number of nitrogens with one attached hydrogen (secondary N) is 1. The lowest BCUT2D eigenvalue weighted by molar-refractivity contribution is 0.309. The third-order valence-electron chi connectivity index (χ3n) is 4.75. The lowest BCUT2D eigenvalue weighted by Crippen LogP contribution is -2.18. The topological polar surface area (TPSA) is 38.5 Å². The number of nitrogens with zero attached hydrogens (tertiary/aromatic N) is 3. The van der Waals surface area contributed by atoms with Crippen molar-refractivity contribution in [1.82, 2.24) is 19.3 Å². The number of imidazole rings is 1. The number of fused-ring (bicyclic) bond motifs is 1. The van der Waals surface area contributed by atoms with Gasteiger partial charge in [0.25, 0.3) is 0 Å². The second kappa shape index (κ2) is 4.20. The molecule has 2 aromatic heterocycles. The van der Waals surface area contributed by atoms with E-state index in [9.17, 15) is 0 Å². The largest absolute Gasteiger partial charge is 0.328 e. The maximum Gasteiger partial charge on any atom is 0.179 e. The monoisotopic (exact) mass is 278 g/mol. The summed E-state index contributed by atoms with van der Waals surface area (Å²) in [5, 5.41) is 4.58. The van der Waals surface area contributed by atoms with Crippen LogP contribution in [0.2, 0.25) is 0 Å². The third kappa shape index (κ3) is 1.86. The number of hydrogen-bond donors (Lipinski definition) is 1. The van der Waals surface area contributed by atoms with Crippen molar-refractivity contribution in [2.24, 2.45) is 18.4 Å². The Balaban J connectivity index is 2.11. The molecule has 1 N–H and O–H groups in total. The molecule has 0 saturated heterocycles. The average Bonchev–Trinajstić information content (AvgIpc) is 2.99. The molecule has 4 nitrogen and oxygen atoms in total. The van der Waals surface area contributed by atoms with Crippen molar-refractivity contribution in [2.75, 3.05) is 0 Å². The molecule has 104 valence electrons. The van der Waals surface area contributed by atoms with E-state index in [1.165, 1.54) is 12.8 Å². The van der Waals surface area contributed by atoms with Crippen LogP contribution in [0, 0.1) is 16.1 Å². The summed E-state index contributed by atoms with van der Waals surface area (Å²) in [7, 11) is 2.01. The van der Waals surface area contributed by atoms with Gasteiger partial charge in [-0.2, -0.15) is 5.10 Å². The Hall–Kier alpha value is -1.10. The molecule has 1 saturated carbocycles. The Kier molecular flexibility index (Phi) is 2.85. The molecule has 5 heteroatoms. The second-order valence-electron chi connectivity index (χ2n) is 6.16. The first kappa shape index (κ1) is 12.9. The molecule has 1 aliphatic rings. The van der Waals surface area contributed by atoms with E-state index in [2.05, 4.69) is 35.4 Å². The van der Waals surface area contributed by atoms with Crippen LogP contribution in [-0.4, -0.2) is 19.3 Å². The zero-order valence-electron chi connectivity index (χ0n) is 12.2. The standard InChI is InChI=1S/C14H22N4S/c1-5-10-11-12(17(4)16-10)18(13(19)15-11)8-14(6-7-14)9(2)3/h9H,5-8H2,1-4H3,(H,15,19). The Morgan fingerprint density at radius 2 is 2.11 bits per heavy atom. The van der Waals surface area contributed by atoms with Gasteiger partial charge in [0.1, 0.15) is 5.52 Å². The Bertz CT molecular complexity index is 669. The van der Waals surface area contributed by atoms with E-state index in [1.807, 2.05) is 11.7 Å². The number of rotatable bonds is 4. The van der Waals surface area contributed by atoms with Crippen molar-refractivity contribution >= 4 is 23.4 Å². The van der Waals surface area contributed by atoms with Crippen LogP contribution < -0.4 is 0 Å². The van der Waals surface area contributed by atoms with Gasteiger partial charge >= 0.3 is 0 Å². The predicted molar refractivity (Wildman–Crippen MR) is 79.8 cm³/mol. The first-order chi connectivity index (χ1) is 8.98. The van der Waals surface area contributed by atoms with Crippen LogP contribution in [0.15, 0.2) is 0 Å². The molecule has 1 aliphatic carbocycles. The first-order valence-corrected chi connectivity index (χ1v) is 7.53. The SMILES string of the molecule is CCc1nn(C)c2c1[nH]c(=S)n2CC1(C(C)C)CC1. The predicted octanol–water partition coefficient (Wildman–Crippen LogP) is 3.43. The zero-order valence-corrected chi connectivity index (χ0v) is 13.0. The van der Waals surface area contributed by atoms with Gasteiger partial charge in [0, 0.05) is 13.6 Å². The molecule has 19 heavy (non-hydrogen) atoms. The van der Waals surface area contributed by atoms with E-state index in [0.717, 1.165) is 34.6 Å². The molecule has 0 aliphatic heterocycles. The van der Waals surface area contributed by atoms with E-state index in [4.69, 9.17) is 12.2 Å². The van der Waals surface area contributed by atoms with Crippen LogP contribution >= 0.6 is 12.2 Å². The van der Waals surface area contributed by atoms with Crippen molar-refractivity contribution < 1.29 is 0 Å². The minimum atomic E-state index is 0.448. The van der Waals surface area contributed by atoms with Crippen molar-refractivity contribution in [1.29, 1.82) is 0 Å². The number of H-pyrrole nitrogens is 1. The molecule has 0 unspecified atom stereocenters. The van der Waals surface area contributed by atoms with Gasteiger partial charge in [0.15, 0.2) is 10.4 Å². The third-order valence-corrected chi connectivity index (χ3v) is 5.07. The minimum Gasteiger partial charge on any atom is -0.328 e. The lowest BCUT2D eigenvalue weighted by atomic mass is 9.92. The number of aromatic nitrogens is 4. The second-order valence-corrected chi connectivity index (χ2v) is 6.54. The molecular formula is C14H22N4S. The molecule has 2 aromatic rings. The van der Waals surface area contributed by atoms with E-state index < -0.39 is 0 Å². The highest BCUT2D eigenvalue weighted by atomic mass is 32.1. The van der Waals surface area contributed by atoms with Crippen LogP contribution in [0.3, 0.4) is 0 Å². The molecule has 3 rings (SSSR count). The number of aromatic amines is 1. The molecule has 0 spiro atoms. The fourth-order valence-electron chi connectivity index (χ4n) is 3.07. The van der Waals surface area contributed by atoms with Gasteiger partial charge in [-0.05, 0) is 42.8 Å². The summed E-state index contributed by atoms with van der Waals surface area (Å²) in [5.41, 5.74) is 3.82. The summed E-state index contributed by atoms with van der Waals surface area (Å²) in [5.74, 6) is 0.707. The summed E-state index contributed by atoms with van der Waals surface area (Å²) in [6, 6.07) is 0.